The van der Waals surface area contributed by atoms with Crippen molar-refractivity contribution in [3.05, 3.63) is 0 Å². The molecule has 13 heavy (non-hydrogen) atoms. The summed E-state index contributed by atoms with van der Waals surface area (Å²) in [7, 11) is 0. The van der Waals surface area contributed by atoms with Crippen molar-refractivity contribution in [2.45, 2.75) is 57.4 Å². The molecule has 0 heterocycles. The van der Waals surface area contributed by atoms with Crippen molar-refractivity contribution in [3.63, 3.8) is 0 Å². The summed E-state index contributed by atoms with van der Waals surface area (Å²) in [5.41, 5.74) is 0. The zero-order valence-electron chi connectivity index (χ0n) is 8.60. The molecule has 1 fully saturated rings. The van der Waals surface area contributed by atoms with Crippen LogP contribution in [0.2, 0.25) is 0 Å². The number of aliphatic hydroxyl groups is 1. The van der Waals surface area contributed by atoms with Crippen LogP contribution in [0, 0.1) is 0 Å². The van der Waals surface area contributed by atoms with Crippen molar-refractivity contribution in [2.24, 2.45) is 0 Å². The van der Waals surface area contributed by atoms with E-state index < -0.39 is 0 Å². The van der Waals surface area contributed by atoms with Crippen LogP contribution in [-0.2, 0) is 0 Å². The van der Waals surface area contributed by atoms with E-state index in [9.17, 15) is 0 Å². The van der Waals surface area contributed by atoms with Crippen LogP contribution in [0.3, 0.4) is 0 Å². The van der Waals surface area contributed by atoms with Gasteiger partial charge in [0.1, 0.15) is 0 Å². The molecule has 0 amide bonds. The SMILES string of the molecule is OCCCCNC1CCCCCC1. The molecule has 0 aromatic carbocycles. The van der Waals surface area contributed by atoms with Crippen LogP contribution < -0.4 is 5.32 Å². The average Bonchev–Trinajstić information content (AvgIpc) is 2.41. The maximum absolute atomic E-state index is 8.62. The maximum atomic E-state index is 8.62. The fourth-order valence-corrected chi connectivity index (χ4v) is 2.03. The van der Waals surface area contributed by atoms with E-state index >= 15 is 0 Å². The first-order valence-corrected chi connectivity index (χ1v) is 5.77. The third-order valence-corrected chi connectivity index (χ3v) is 2.87. The van der Waals surface area contributed by atoms with Crippen molar-refractivity contribution in [2.75, 3.05) is 13.2 Å². The van der Waals surface area contributed by atoms with Crippen LogP contribution in [0.25, 0.3) is 0 Å². The molecule has 0 radical (unpaired) electrons. The number of nitrogens with one attached hydrogen (secondary N) is 1. The Morgan fingerprint density at radius 1 is 1.00 bits per heavy atom. The van der Waals surface area contributed by atoms with Gasteiger partial charge in [0.05, 0.1) is 0 Å². The van der Waals surface area contributed by atoms with E-state index in [1.54, 1.807) is 0 Å². The van der Waals surface area contributed by atoms with Crippen LogP contribution in [-0.4, -0.2) is 24.3 Å². The summed E-state index contributed by atoms with van der Waals surface area (Å²) >= 11 is 0. The molecular weight excluding hydrogens is 162 g/mol. The first-order valence-electron chi connectivity index (χ1n) is 5.77. The number of hydrogen-bond donors (Lipinski definition) is 2. The van der Waals surface area contributed by atoms with Gasteiger partial charge in [0.2, 0.25) is 0 Å². The first-order chi connectivity index (χ1) is 6.43. The predicted molar refractivity (Wildman–Crippen MR) is 55.8 cm³/mol. The summed E-state index contributed by atoms with van der Waals surface area (Å²) in [6.45, 7) is 1.43. The lowest BCUT2D eigenvalue weighted by molar-refractivity contribution is 0.282. The van der Waals surface area contributed by atoms with Crippen LogP contribution in [0.4, 0.5) is 0 Å². The first kappa shape index (κ1) is 11.0. The van der Waals surface area contributed by atoms with Crippen molar-refractivity contribution in [1.29, 1.82) is 0 Å². The van der Waals surface area contributed by atoms with E-state index in [1.807, 2.05) is 0 Å². The van der Waals surface area contributed by atoms with Crippen LogP contribution in [0.15, 0.2) is 0 Å². The molecule has 0 spiro atoms. The highest BCUT2D eigenvalue weighted by molar-refractivity contribution is 4.70. The van der Waals surface area contributed by atoms with E-state index in [1.165, 1.54) is 38.5 Å². The van der Waals surface area contributed by atoms with Gasteiger partial charge in [0, 0.05) is 12.6 Å². The molecule has 0 aromatic rings. The van der Waals surface area contributed by atoms with Gasteiger partial charge >= 0.3 is 0 Å². The number of rotatable bonds is 5. The van der Waals surface area contributed by atoms with Crippen LogP contribution >= 0.6 is 0 Å². The van der Waals surface area contributed by atoms with E-state index in [0.29, 0.717) is 6.61 Å². The molecule has 2 heteroatoms. The Bertz CT molecular complexity index is 109. The monoisotopic (exact) mass is 185 g/mol. The number of hydrogen-bond acceptors (Lipinski definition) is 2. The van der Waals surface area contributed by atoms with Gasteiger partial charge in [-0.3, -0.25) is 0 Å². The van der Waals surface area contributed by atoms with Gasteiger partial charge in [0.25, 0.3) is 0 Å². The minimum absolute atomic E-state index is 0.340. The molecule has 1 aliphatic rings. The highest BCUT2D eigenvalue weighted by Gasteiger charge is 2.10. The Labute approximate surface area is 81.7 Å². The second kappa shape index (κ2) is 7.34. The van der Waals surface area contributed by atoms with Crippen molar-refractivity contribution in [1.82, 2.24) is 5.32 Å². The zero-order chi connectivity index (χ0) is 9.36. The second-order valence-electron chi connectivity index (χ2n) is 4.07. The highest BCUT2D eigenvalue weighted by Crippen LogP contribution is 2.16. The van der Waals surface area contributed by atoms with Crippen molar-refractivity contribution < 1.29 is 5.11 Å². The zero-order valence-corrected chi connectivity index (χ0v) is 8.60. The smallest absolute Gasteiger partial charge is 0.0431 e. The Morgan fingerprint density at radius 3 is 2.31 bits per heavy atom. The van der Waals surface area contributed by atoms with Crippen LogP contribution in [0.5, 0.6) is 0 Å². The molecule has 1 saturated carbocycles. The van der Waals surface area contributed by atoms with Crippen molar-refractivity contribution >= 4 is 0 Å². The minimum Gasteiger partial charge on any atom is -0.396 e. The second-order valence-corrected chi connectivity index (χ2v) is 4.07. The van der Waals surface area contributed by atoms with E-state index in [4.69, 9.17) is 5.11 Å². The Morgan fingerprint density at radius 2 is 1.69 bits per heavy atom. The molecule has 0 aromatic heterocycles. The van der Waals surface area contributed by atoms with Gasteiger partial charge in [-0.1, -0.05) is 25.7 Å². The molecule has 2 N–H and O–H groups in total. The van der Waals surface area contributed by atoms with Crippen molar-refractivity contribution in [3.8, 4) is 0 Å². The lowest BCUT2D eigenvalue weighted by Crippen LogP contribution is -2.29. The quantitative estimate of drug-likeness (QED) is 0.507. The topological polar surface area (TPSA) is 32.3 Å². The lowest BCUT2D eigenvalue weighted by atomic mass is 10.1. The van der Waals surface area contributed by atoms with E-state index in [-0.39, 0.29) is 0 Å². The summed E-state index contributed by atoms with van der Waals surface area (Å²) in [6, 6.07) is 0.765. The van der Waals surface area contributed by atoms with Gasteiger partial charge in [-0.2, -0.15) is 0 Å². The van der Waals surface area contributed by atoms with Gasteiger partial charge in [-0.15, -0.1) is 0 Å². The Balaban J connectivity index is 1.98. The average molecular weight is 185 g/mol. The Kier molecular flexibility index (Phi) is 6.21. The molecule has 1 aliphatic carbocycles. The highest BCUT2D eigenvalue weighted by atomic mass is 16.2. The third-order valence-electron chi connectivity index (χ3n) is 2.87. The normalized spacial score (nSPS) is 20.1. The molecule has 0 atom stereocenters. The molecule has 0 unspecified atom stereocenters. The van der Waals surface area contributed by atoms with E-state index in [2.05, 4.69) is 5.32 Å². The summed E-state index contributed by atoms with van der Waals surface area (Å²) in [6.07, 6.45) is 10.4. The molecule has 0 aliphatic heterocycles. The fraction of sp³-hybridized carbons (Fsp3) is 1.00. The third kappa shape index (κ3) is 5.27. The Hall–Kier alpha value is -0.0800. The number of unbranched alkanes of at least 4 members (excludes halogenated alkanes) is 1. The van der Waals surface area contributed by atoms with Gasteiger partial charge in [-0.25, -0.2) is 0 Å². The summed E-state index contributed by atoms with van der Waals surface area (Å²) < 4.78 is 0. The minimum atomic E-state index is 0.340. The van der Waals surface area contributed by atoms with Gasteiger partial charge in [-0.05, 0) is 32.2 Å². The summed E-state index contributed by atoms with van der Waals surface area (Å²) in [5, 5.41) is 12.2. The predicted octanol–water partition coefficient (Wildman–Crippen LogP) is 2.07. The fourth-order valence-electron chi connectivity index (χ4n) is 2.03. The largest absolute Gasteiger partial charge is 0.396 e. The molecular formula is C11H23NO. The lowest BCUT2D eigenvalue weighted by Gasteiger charge is -2.15. The molecule has 0 saturated heterocycles. The number of aliphatic hydroxyl groups excluding tert-OH is 1. The standard InChI is InChI=1S/C11H23NO/c13-10-6-5-9-12-11-7-3-1-2-4-8-11/h11-13H,1-10H2. The van der Waals surface area contributed by atoms with Gasteiger partial charge < -0.3 is 10.4 Å². The molecule has 2 nitrogen and oxygen atoms in total. The molecule has 78 valence electrons. The van der Waals surface area contributed by atoms with Gasteiger partial charge in [0.15, 0.2) is 0 Å². The molecule has 0 bridgehead atoms. The summed E-state index contributed by atoms with van der Waals surface area (Å²) in [4.78, 5) is 0. The van der Waals surface area contributed by atoms with Crippen LogP contribution in [0.1, 0.15) is 51.4 Å². The molecule has 1 rings (SSSR count). The summed E-state index contributed by atoms with van der Waals surface area (Å²) in [5.74, 6) is 0. The maximum Gasteiger partial charge on any atom is 0.0431 e. The van der Waals surface area contributed by atoms with E-state index in [0.717, 1.165) is 25.4 Å².